The molecule has 7 nitrogen and oxygen atoms in total. The van der Waals surface area contributed by atoms with Crippen LogP contribution in [0.25, 0.3) is 16.8 Å². The van der Waals surface area contributed by atoms with E-state index in [2.05, 4.69) is 15.7 Å². The van der Waals surface area contributed by atoms with Crippen LogP contribution in [0.4, 0.5) is 5.82 Å². The van der Waals surface area contributed by atoms with E-state index in [1.54, 1.807) is 0 Å². The zero-order chi connectivity index (χ0) is 20.8. The predicted molar refractivity (Wildman–Crippen MR) is 116 cm³/mol. The number of benzene rings is 1. The second-order valence-electron chi connectivity index (χ2n) is 8.73. The number of rotatable bonds is 6. The highest BCUT2D eigenvalue weighted by molar-refractivity contribution is 5.97. The smallest absolute Gasteiger partial charge is 0.251 e. The maximum atomic E-state index is 12.4. The van der Waals surface area contributed by atoms with E-state index < -0.39 is 0 Å². The molecule has 3 aromatic rings. The van der Waals surface area contributed by atoms with E-state index in [-0.39, 0.29) is 12.0 Å². The maximum absolute atomic E-state index is 12.4. The van der Waals surface area contributed by atoms with Crippen LogP contribution in [0.1, 0.15) is 47.3 Å². The average Bonchev–Trinajstić information content (AvgIpc) is 3.39. The van der Waals surface area contributed by atoms with Crippen molar-refractivity contribution >= 4 is 17.4 Å². The van der Waals surface area contributed by atoms with Gasteiger partial charge in [-0.05, 0) is 62.6 Å². The number of anilines is 1. The zero-order valence-corrected chi connectivity index (χ0v) is 17.4. The Hall–Kier alpha value is -2.93. The number of hydrogen-bond acceptors (Lipinski definition) is 5. The SMILES string of the molecule is Cc1cc(NCC2CC(O)C2)n2ncc(-c3ccc(C(=O)NC4CC4)c(C)c3)c2n1. The number of fused-ring (bicyclic) bond motifs is 1. The third-order valence-corrected chi connectivity index (χ3v) is 6.08. The molecule has 0 saturated heterocycles. The zero-order valence-electron chi connectivity index (χ0n) is 17.4. The minimum Gasteiger partial charge on any atom is -0.393 e. The lowest BCUT2D eigenvalue weighted by Crippen LogP contribution is -2.33. The first-order chi connectivity index (χ1) is 14.5. The molecule has 30 heavy (non-hydrogen) atoms. The Balaban J connectivity index is 1.43. The van der Waals surface area contributed by atoms with Crippen LogP contribution in [0.2, 0.25) is 0 Å². The van der Waals surface area contributed by atoms with E-state index in [9.17, 15) is 9.90 Å². The molecule has 7 heteroatoms. The molecule has 1 aromatic carbocycles. The highest BCUT2D eigenvalue weighted by Crippen LogP contribution is 2.30. The Morgan fingerprint density at radius 3 is 2.73 bits per heavy atom. The number of amides is 1. The number of nitrogens with zero attached hydrogens (tertiary/aromatic N) is 3. The van der Waals surface area contributed by atoms with Crippen LogP contribution in [0.3, 0.4) is 0 Å². The fourth-order valence-corrected chi connectivity index (χ4v) is 4.11. The van der Waals surface area contributed by atoms with E-state index >= 15 is 0 Å². The summed E-state index contributed by atoms with van der Waals surface area (Å²) >= 11 is 0. The summed E-state index contributed by atoms with van der Waals surface area (Å²) < 4.78 is 1.83. The van der Waals surface area contributed by atoms with Gasteiger partial charge in [0.2, 0.25) is 0 Å². The molecular formula is C23H27N5O2. The Kier molecular flexibility index (Phi) is 4.70. The van der Waals surface area contributed by atoms with Crippen molar-refractivity contribution in [3.8, 4) is 11.1 Å². The Bertz CT molecular complexity index is 1110. The molecule has 1 amide bonds. The molecule has 2 aromatic heterocycles. The largest absolute Gasteiger partial charge is 0.393 e. The molecular weight excluding hydrogens is 378 g/mol. The molecule has 2 aliphatic carbocycles. The van der Waals surface area contributed by atoms with Gasteiger partial charge in [0.05, 0.1) is 12.3 Å². The van der Waals surface area contributed by atoms with Crippen molar-refractivity contribution in [3.63, 3.8) is 0 Å². The summed E-state index contributed by atoms with van der Waals surface area (Å²) in [5.74, 6) is 1.40. The van der Waals surface area contributed by atoms with Crippen molar-refractivity contribution in [1.29, 1.82) is 0 Å². The molecule has 2 saturated carbocycles. The first-order valence-corrected chi connectivity index (χ1v) is 10.7. The lowest BCUT2D eigenvalue weighted by Gasteiger charge is -2.31. The summed E-state index contributed by atoms with van der Waals surface area (Å²) in [6.45, 7) is 4.76. The normalized spacial score (nSPS) is 20.8. The van der Waals surface area contributed by atoms with Gasteiger partial charge in [-0.2, -0.15) is 9.61 Å². The van der Waals surface area contributed by atoms with Crippen LogP contribution in [-0.2, 0) is 0 Å². The molecule has 0 unspecified atom stereocenters. The first kappa shape index (κ1) is 19.1. The fourth-order valence-electron chi connectivity index (χ4n) is 4.11. The summed E-state index contributed by atoms with van der Waals surface area (Å²) in [6.07, 6.45) is 5.54. The molecule has 156 valence electrons. The van der Waals surface area contributed by atoms with Crippen molar-refractivity contribution < 1.29 is 9.90 Å². The highest BCUT2D eigenvalue weighted by Gasteiger charge is 2.27. The minimum absolute atomic E-state index is 0.00276. The number of aromatic nitrogens is 3. The molecule has 3 N–H and O–H groups in total. The molecule has 2 fully saturated rings. The number of aryl methyl sites for hydroxylation is 2. The van der Waals surface area contributed by atoms with E-state index in [4.69, 9.17) is 4.98 Å². The summed E-state index contributed by atoms with van der Waals surface area (Å²) in [5, 5.41) is 20.6. The number of carbonyl (C=O) groups is 1. The van der Waals surface area contributed by atoms with Crippen molar-refractivity contribution in [2.24, 2.45) is 5.92 Å². The van der Waals surface area contributed by atoms with Crippen molar-refractivity contribution in [2.45, 2.75) is 51.7 Å². The van der Waals surface area contributed by atoms with Crippen LogP contribution in [0.15, 0.2) is 30.5 Å². The van der Waals surface area contributed by atoms with Crippen molar-refractivity contribution in [1.82, 2.24) is 19.9 Å². The Morgan fingerprint density at radius 2 is 2.03 bits per heavy atom. The lowest BCUT2D eigenvalue weighted by atomic mass is 9.82. The van der Waals surface area contributed by atoms with Gasteiger partial charge in [-0.15, -0.1) is 0 Å². The van der Waals surface area contributed by atoms with Gasteiger partial charge in [0, 0.05) is 35.5 Å². The molecule has 0 atom stereocenters. The third-order valence-electron chi connectivity index (χ3n) is 6.08. The molecule has 5 rings (SSSR count). The van der Waals surface area contributed by atoms with Gasteiger partial charge in [-0.1, -0.05) is 12.1 Å². The van der Waals surface area contributed by atoms with Crippen molar-refractivity contribution in [3.05, 3.63) is 47.3 Å². The topological polar surface area (TPSA) is 91.5 Å². The monoisotopic (exact) mass is 405 g/mol. The molecule has 0 aliphatic heterocycles. The van der Waals surface area contributed by atoms with Crippen LogP contribution < -0.4 is 10.6 Å². The molecule has 0 spiro atoms. The van der Waals surface area contributed by atoms with E-state index in [0.29, 0.717) is 12.0 Å². The maximum Gasteiger partial charge on any atom is 0.251 e. The summed E-state index contributed by atoms with van der Waals surface area (Å²) in [4.78, 5) is 17.2. The molecule has 0 radical (unpaired) electrons. The lowest BCUT2D eigenvalue weighted by molar-refractivity contribution is 0.0486. The number of carbonyl (C=O) groups excluding carboxylic acids is 1. The van der Waals surface area contributed by atoms with Gasteiger partial charge >= 0.3 is 0 Å². The van der Waals surface area contributed by atoms with Gasteiger partial charge < -0.3 is 15.7 Å². The minimum atomic E-state index is -0.148. The molecule has 0 bridgehead atoms. The Labute approximate surface area is 175 Å². The number of nitrogens with one attached hydrogen (secondary N) is 2. The number of hydrogen-bond donors (Lipinski definition) is 3. The standard InChI is InChI=1S/C23H27N5O2/c1-13-7-16(3-6-19(13)23(30)27-17-4-5-17)20-12-25-28-21(8-14(2)26-22(20)28)24-11-15-9-18(29)10-15/h3,6-8,12,15,17-18,24,29H,4-5,9-11H2,1-2H3,(H,27,30). The predicted octanol–water partition coefficient (Wildman–Crippen LogP) is 3.09. The second kappa shape index (κ2) is 7.40. The number of aliphatic hydroxyl groups is 1. The highest BCUT2D eigenvalue weighted by atomic mass is 16.3. The van der Waals surface area contributed by atoms with Crippen molar-refractivity contribution in [2.75, 3.05) is 11.9 Å². The molecule has 2 heterocycles. The molecule has 2 aliphatic rings. The van der Waals surface area contributed by atoms with Gasteiger partial charge in [0.15, 0.2) is 5.65 Å². The van der Waals surface area contributed by atoms with E-state index in [1.807, 2.05) is 48.8 Å². The first-order valence-electron chi connectivity index (χ1n) is 10.7. The van der Waals surface area contributed by atoms with Crippen LogP contribution in [0.5, 0.6) is 0 Å². The van der Waals surface area contributed by atoms with Crippen LogP contribution in [0, 0.1) is 19.8 Å². The summed E-state index contributed by atoms with van der Waals surface area (Å²) in [5.41, 5.74) is 5.31. The van der Waals surface area contributed by atoms with Crippen LogP contribution in [-0.4, -0.2) is 44.3 Å². The van der Waals surface area contributed by atoms with Crippen LogP contribution >= 0.6 is 0 Å². The van der Waals surface area contributed by atoms with Gasteiger partial charge in [-0.25, -0.2) is 4.98 Å². The fraction of sp³-hybridized carbons (Fsp3) is 0.435. The number of aliphatic hydroxyl groups excluding tert-OH is 1. The second-order valence-corrected chi connectivity index (χ2v) is 8.73. The quantitative estimate of drug-likeness (QED) is 0.586. The van der Waals surface area contributed by atoms with Gasteiger partial charge in [-0.3, -0.25) is 4.79 Å². The average molecular weight is 406 g/mol. The van der Waals surface area contributed by atoms with E-state index in [0.717, 1.165) is 71.6 Å². The third kappa shape index (κ3) is 3.65. The summed E-state index contributed by atoms with van der Waals surface area (Å²) in [6, 6.07) is 8.24. The van der Waals surface area contributed by atoms with Gasteiger partial charge in [0.25, 0.3) is 5.91 Å². The van der Waals surface area contributed by atoms with E-state index in [1.165, 1.54) is 0 Å². The summed E-state index contributed by atoms with van der Waals surface area (Å²) in [7, 11) is 0. The Morgan fingerprint density at radius 1 is 1.23 bits per heavy atom. The van der Waals surface area contributed by atoms with Gasteiger partial charge in [0.1, 0.15) is 5.82 Å².